The van der Waals surface area contributed by atoms with Crippen molar-refractivity contribution in [2.24, 2.45) is 0 Å². The van der Waals surface area contributed by atoms with Gasteiger partial charge in [-0.1, -0.05) is 6.92 Å². The van der Waals surface area contributed by atoms with Gasteiger partial charge in [-0.3, -0.25) is 0 Å². The highest BCUT2D eigenvalue weighted by Crippen LogP contribution is 2.17. The maximum Gasteiger partial charge on any atom is 0.138 e. The minimum atomic E-state index is 0.580. The summed E-state index contributed by atoms with van der Waals surface area (Å²) in [6.45, 7) is 5.04. The SMILES string of the molecule is CCCn1ncnc1Cc1c(C)ccnc1N. The average Bonchev–Trinajstić information content (AvgIpc) is 2.72. The molecule has 0 aliphatic heterocycles. The molecule has 0 aliphatic carbocycles. The molecule has 5 nitrogen and oxygen atoms in total. The fourth-order valence-electron chi connectivity index (χ4n) is 1.82. The molecule has 2 aromatic rings. The number of nitrogens with two attached hydrogens (primary N) is 1. The molecule has 0 bridgehead atoms. The molecule has 0 saturated heterocycles. The topological polar surface area (TPSA) is 69.6 Å². The highest BCUT2D eigenvalue weighted by atomic mass is 15.3. The van der Waals surface area contributed by atoms with Crippen LogP contribution >= 0.6 is 0 Å². The lowest BCUT2D eigenvalue weighted by atomic mass is 10.1. The lowest BCUT2D eigenvalue weighted by Gasteiger charge is -2.08. The molecule has 0 unspecified atom stereocenters. The standard InChI is InChI=1S/C12H17N5/c1-3-6-17-11(15-8-16-17)7-10-9(2)4-5-14-12(10)13/h4-5,8H,3,6-7H2,1-2H3,(H2,13,14). The van der Waals surface area contributed by atoms with E-state index >= 15 is 0 Å². The first-order valence-corrected chi connectivity index (χ1v) is 5.79. The van der Waals surface area contributed by atoms with Crippen LogP contribution < -0.4 is 5.73 Å². The predicted molar refractivity (Wildman–Crippen MR) is 66.5 cm³/mol. The Morgan fingerprint density at radius 2 is 2.18 bits per heavy atom. The normalized spacial score (nSPS) is 10.7. The number of hydrogen-bond acceptors (Lipinski definition) is 4. The van der Waals surface area contributed by atoms with Gasteiger partial charge in [0, 0.05) is 24.7 Å². The number of anilines is 1. The first-order chi connectivity index (χ1) is 8.22. The Morgan fingerprint density at radius 1 is 1.35 bits per heavy atom. The van der Waals surface area contributed by atoms with Gasteiger partial charge in [0.25, 0.3) is 0 Å². The number of rotatable bonds is 4. The van der Waals surface area contributed by atoms with Gasteiger partial charge in [0.2, 0.25) is 0 Å². The molecule has 90 valence electrons. The number of nitrogens with zero attached hydrogens (tertiary/aromatic N) is 4. The van der Waals surface area contributed by atoms with Crippen LogP contribution in [-0.4, -0.2) is 19.7 Å². The molecular weight excluding hydrogens is 214 g/mol. The van der Waals surface area contributed by atoms with Crippen LogP contribution in [0.15, 0.2) is 18.6 Å². The van der Waals surface area contributed by atoms with E-state index in [-0.39, 0.29) is 0 Å². The second kappa shape index (κ2) is 4.95. The second-order valence-electron chi connectivity index (χ2n) is 4.07. The third-order valence-electron chi connectivity index (χ3n) is 2.79. The molecule has 0 aliphatic rings. The molecule has 2 rings (SSSR count). The molecule has 17 heavy (non-hydrogen) atoms. The minimum Gasteiger partial charge on any atom is -0.383 e. The number of hydrogen-bond donors (Lipinski definition) is 1. The highest BCUT2D eigenvalue weighted by molar-refractivity contribution is 5.45. The van der Waals surface area contributed by atoms with Crippen molar-refractivity contribution in [3.63, 3.8) is 0 Å². The Labute approximate surface area is 101 Å². The summed E-state index contributed by atoms with van der Waals surface area (Å²) in [6.07, 6.45) is 5.04. The van der Waals surface area contributed by atoms with Crippen molar-refractivity contribution in [2.45, 2.75) is 33.2 Å². The first-order valence-electron chi connectivity index (χ1n) is 5.79. The van der Waals surface area contributed by atoms with Crippen LogP contribution in [0.5, 0.6) is 0 Å². The summed E-state index contributed by atoms with van der Waals surface area (Å²) in [6, 6.07) is 1.96. The van der Waals surface area contributed by atoms with Crippen LogP contribution in [0.4, 0.5) is 5.82 Å². The van der Waals surface area contributed by atoms with E-state index in [1.54, 1.807) is 12.5 Å². The molecule has 2 heterocycles. The van der Waals surface area contributed by atoms with Gasteiger partial charge in [0.15, 0.2) is 0 Å². The summed E-state index contributed by atoms with van der Waals surface area (Å²) in [7, 11) is 0. The fourth-order valence-corrected chi connectivity index (χ4v) is 1.82. The van der Waals surface area contributed by atoms with E-state index in [4.69, 9.17) is 5.73 Å². The minimum absolute atomic E-state index is 0.580. The van der Waals surface area contributed by atoms with E-state index in [9.17, 15) is 0 Å². The lowest BCUT2D eigenvalue weighted by molar-refractivity contribution is 0.575. The van der Waals surface area contributed by atoms with Crippen LogP contribution in [0, 0.1) is 6.92 Å². The van der Waals surface area contributed by atoms with Gasteiger partial charge in [0.05, 0.1) is 0 Å². The van der Waals surface area contributed by atoms with Gasteiger partial charge in [0.1, 0.15) is 18.0 Å². The molecule has 0 saturated carbocycles. The lowest BCUT2D eigenvalue weighted by Crippen LogP contribution is -2.08. The van der Waals surface area contributed by atoms with E-state index in [1.807, 2.05) is 17.7 Å². The van der Waals surface area contributed by atoms with Crippen molar-refractivity contribution < 1.29 is 0 Å². The molecule has 0 amide bonds. The smallest absolute Gasteiger partial charge is 0.138 e. The third kappa shape index (κ3) is 2.43. The van der Waals surface area contributed by atoms with Gasteiger partial charge in [-0.2, -0.15) is 5.10 Å². The molecule has 5 heteroatoms. The molecular formula is C12H17N5. The van der Waals surface area contributed by atoms with Gasteiger partial charge >= 0.3 is 0 Å². The molecule has 0 atom stereocenters. The summed E-state index contributed by atoms with van der Waals surface area (Å²) >= 11 is 0. The van der Waals surface area contributed by atoms with Crippen LogP contribution in [0.3, 0.4) is 0 Å². The third-order valence-corrected chi connectivity index (χ3v) is 2.79. The monoisotopic (exact) mass is 231 g/mol. The van der Waals surface area contributed by atoms with Gasteiger partial charge in [-0.05, 0) is 25.0 Å². The predicted octanol–water partition coefficient (Wildman–Crippen LogP) is 1.56. The van der Waals surface area contributed by atoms with Crippen molar-refractivity contribution in [2.75, 3.05) is 5.73 Å². The molecule has 2 N–H and O–H groups in total. The Balaban J connectivity index is 2.28. The van der Waals surface area contributed by atoms with Crippen molar-refractivity contribution in [1.82, 2.24) is 19.7 Å². The van der Waals surface area contributed by atoms with E-state index < -0.39 is 0 Å². The Bertz CT molecular complexity index is 483. The van der Waals surface area contributed by atoms with Crippen molar-refractivity contribution in [3.8, 4) is 0 Å². The van der Waals surface area contributed by atoms with Crippen LogP contribution in [0.25, 0.3) is 0 Å². The van der Waals surface area contributed by atoms with E-state index in [0.717, 1.165) is 29.9 Å². The van der Waals surface area contributed by atoms with Crippen molar-refractivity contribution >= 4 is 5.82 Å². The fraction of sp³-hybridized carbons (Fsp3) is 0.417. The van der Waals surface area contributed by atoms with Crippen LogP contribution in [0.1, 0.15) is 30.3 Å². The summed E-state index contributed by atoms with van der Waals surface area (Å²) < 4.78 is 1.92. The zero-order valence-electron chi connectivity index (χ0n) is 10.2. The summed E-state index contributed by atoms with van der Waals surface area (Å²) in [5.74, 6) is 1.52. The number of aryl methyl sites for hydroxylation is 2. The number of pyridine rings is 1. The summed E-state index contributed by atoms with van der Waals surface area (Å²) in [5, 5.41) is 4.21. The highest BCUT2D eigenvalue weighted by Gasteiger charge is 2.10. The zero-order valence-corrected chi connectivity index (χ0v) is 10.2. The van der Waals surface area contributed by atoms with E-state index in [1.165, 1.54) is 0 Å². The van der Waals surface area contributed by atoms with Gasteiger partial charge in [-0.15, -0.1) is 0 Å². The Hall–Kier alpha value is -1.91. The summed E-state index contributed by atoms with van der Waals surface area (Å²) in [5.41, 5.74) is 8.08. The zero-order chi connectivity index (χ0) is 12.3. The quantitative estimate of drug-likeness (QED) is 0.867. The molecule has 0 radical (unpaired) electrons. The Kier molecular flexibility index (Phi) is 3.37. The van der Waals surface area contributed by atoms with Crippen molar-refractivity contribution in [1.29, 1.82) is 0 Å². The molecule has 0 aromatic carbocycles. The molecule has 0 fully saturated rings. The van der Waals surface area contributed by atoms with E-state index in [0.29, 0.717) is 12.2 Å². The molecule has 2 aromatic heterocycles. The first kappa shape index (κ1) is 11.6. The maximum atomic E-state index is 5.89. The largest absolute Gasteiger partial charge is 0.383 e. The molecule has 0 spiro atoms. The van der Waals surface area contributed by atoms with Crippen LogP contribution in [-0.2, 0) is 13.0 Å². The Morgan fingerprint density at radius 3 is 2.88 bits per heavy atom. The van der Waals surface area contributed by atoms with Gasteiger partial charge in [-0.25, -0.2) is 14.6 Å². The number of nitrogen functional groups attached to an aromatic ring is 1. The number of aromatic nitrogens is 4. The van der Waals surface area contributed by atoms with E-state index in [2.05, 4.69) is 22.0 Å². The van der Waals surface area contributed by atoms with Crippen molar-refractivity contribution in [3.05, 3.63) is 35.5 Å². The van der Waals surface area contributed by atoms with Gasteiger partial charge < -0.3 is 5.73 Å². The average molecular weight is 231 g/mol. The second-order valence-corrected chi connectivity index (χ2v) is 4.07. The summed E-state index contributed by atoms with van der Waals surface area (Å²) in [4.78, 5) is 8.40. The van der Waals surface area contributed by atoms with Crippen LogP contribution in [0.2, 0.25) is 0 Å². The maximum absolute atomic E-state index is 5.89.